The van der Waals surface area contributed by atoms with Gasteiger partial charge in [-0.15, -0.1) is 11.8 Å². The monoisotopic (exact) mass is 296 g/mol. The number of hydrogen-bond donors (Lipinski definition) is 1. The van der Waals surface area contributed by atoms with Crippen molar-refractivity contribution >= 4 is 23.4 Å². The zero-order valence-electron chi connectivity index (χ0n) is 10.4. The predicted octanol–water partition coefficient (Wildman–Crippen LogP) is 4.61. The van der Waals surface area contributed by atoms with Crippen LogP contribution in [0.3, 0.4) is 0 Å². The van der Waals surface area contributed by atoms with Gasteiger partial charge in [-0.3, -0.25) is 0 Å². The number of halogens is 2. The lowest BCUT2D eigenvalue weighted by atomic mass is 10.1. The topological polar surface area (TPSA) is 20.2 Å². The summed E-state index contributed by atoms with van der Waals surface area (Å²) < 4.78 is 13.0. The van der Waals surface area contributed by atoms with E-state index < -0.39 is 6.10 Å². The fourth-order valence-electron chi connectivity index (χ4n) is 1.64. The largest absolute Gasteiger partial charge is 0.388 e. The number of aliphatic hydroxyl groups excluding tert-OH is 1. The number of rotatable bonds is 4. The van der Waals surface area contributed by atoms with E-state index in [2.05, 4.69) is 0 Å². The minimum absolute atomic E-state index is 0.266. The van der Waals surface area contributed by atoms with Crippen LogP contribution >= 0.6 is 23.4 Å². The van der Waals surface area contributed by atoms with E-state index in [0.29, 0.717) is 10.8 Å². The van der Waals surface area contributed by atoms with Crippen molar-refractivity contribution in [1.29, 1.82) is 0 Å². The third kappa shape index (κ3) is 3.96. The Hall–Kier alpha value is -1.03. The lowest BCUT2D eigenvalue weighted by Crippen LogP contribution is -2.00. The van der Waals surface area contributed by atoms with Gasteiger partial charge in [0.2, 0.25) is 0 Å². The van der Waals surface area contributed by atoms with Gasteiger partial charge in [-0.05, 0) is 42.3 Å². The van der Waals surface area contributed by atoms with Gasteiger partial charge in [0.25, 0.3) is 0 Å². The van der Waals surface area contributed by atoms with E-state index in [4.69, 9.17) is 11.6 Å². The first-order valence-electron chi connectivity index (χ1n) is 5.89. The van der Waals surface area contributed by atoms with Gasteiger partial charge in [-0.1, -0.05) is 29.8 Å². The highest BCUT2D eigenvalue weighted by Gasteiger charge is 2.10. The Labute approximate surface area is 121 Å². The second kappa shape index (κ2) is 6.42. The van der Waals surface area contributed by atoms with Crippen molar-refractivity contribution in [3.05, 3.63) is 64.4 Å². The maximum atomic E-state index is 13.0. The van der Waals surface area contributed by atoms with Crippen LogP contribution in [-0.4, -0.2) is 10.9 Å². The minimum Gasteiger partial charge on any atom is -0.388 e. The first kappa shape index (κ1) is 14.4. The van der Waals surface area contributed by atoms with E-state index in [1.54, 1.807) is 12.1 Å². The first-order chi connectivity index (χ1) is 9.06. The molecule has 0 heterocycles. The van der Waals surface area contributed by atoms with E-state index in [0.717, 1.165) is 16.0 Å². The van der Waals surface area contributed by atoms with Gasteiger partial charge >= 0.3 is 0 Å². The summed E-state index contributed by atoms with van der Waals surface area (Å²) in [6.45, 7) is 1.92. The van der Waals surface area contributed by atoms with Crippen LogP contribution in [0.5, 0.6) is 0 Å². The van der Waals surface area contributed by atoms with Crippen LogP contribution in [0, 0.1) is 12.7 Å². The van der Waals surface area contributed by atoms with Crippen LogP contribution < -0.4 is 0 Å². The molecule has 0 fully saturated rings. The summed E-state index contributed by atoms with van der Waals surface area (Å²) in [5.74, 6) is 0.195. The molecule has 2 aromatic rings. The molecule has 0 aliphatic rings. The van der Waals surface area contributed by atoms with Crippen molar-refractivity contribution in [2.45, 2.75) is 17.9 Å². The summed E-state index contributed by atoms with van der Waals surface area (Å²) in [5.41, 5.74) is 1.76. The Morgan fingerprint density at radius 3 is 2.74 bits per heavy atom. The molecule has 1 N–H and O–H groups in total. The minimum atomic E-state index is -0.619. The zero-order chi connectivity index (χ0) is 13.8. The van der Waals surface area contributed by atoms with Crippen LogP contribution in [0.4, 0.5) is 4.39 Å². The molecule has 2 rings (SSSR count). The highest BCUT2D eigenvalue weighted by Crippen LogP contribution is 2.27. The molecule has 0 amide bonds. The van der Waals surface area contributed by atoms with Gasteiger partial charge in [0.05, 0.1) is 6.10 Å². The zero-order valence-corrected chi connectivity index (χ0v) is 12.0. The molecule has 0 bridgehead atoms. The summed E-state index contributed by atoms with van der Waals surface area (Å²) in [4.78, 5) is 0.803. The van der Waals surface area contributed by atoms with Crippen molar-refractivity contribution in [2.24, 2.45) is 0 Å². The third-order valence-corrected chi connectivity index (χ3v) is 4.26. The molecule has 0 aliphatic heterocycles. The summed E-state index contributed by atoms with van der Waals surface area (Å²) >= 11 is 7.44. The molecule has 4 heteroatoms. The number of hydrogen-bond acceptors (Lipinski definition) is 2. The Kier molecular flexibility index (Phi) is 4.86. The average Bonchev–Trinajstić information content (AvgIpc) is 2.39. The van der Waals surface area contributed by atoms with E-state index in [1.807, 2.05) is 25.1 Å². The second-order valence-corrected chi connectivity index (χ2v) is 5.79. The quantitative estimate of drug-likeness (QED) is 0.831. The maximum Gasteiger partial charge on any atom is 0.124 e. The number of thioether (sulfide) groups is 1. The smallest absolute Gasteiger partial charge is 0.124 e. The molecule has 0 aromatic heterocycles. The molecule has 0 saturated carbocycles. The summed E-state index contributed by atoms with van der Waals surface area (Å²) in [7, 11) is 0. The van der Waals surface area contributed by atoms with Crippen LogP contribution in [0.15, 0.2) is 47.4 Å². The second-order valence-electron chi connectivity index (χ2n) is 4.29. The van der Waals surface area contributed by atoms with Crippen LogP contribution in [-0.2, 0) is 0 Å². The molecule has 19 heavy (non-hydrogen) atoms. The van der Waals surface area contributed by atoms with E-state index in [9.17, 15) is 9.50 Å². The molecule has 1 unspecified atom stereocenters. The summed E-state index contributed by atoms with van der Waals surface area (Å²) in [6, 6.07) is 11.9. The van der Waals surface area contributed by atoms with Crippen LogP contribution in [0.1, 0.15) is 17.2 Å². The number of aryl methyl sites for hydroxylation is 1. The van der Waals surface area contributed by atoms with Gasteiger partial charge in [0.1, 0.15) is 5.82 Å². The van der Waals surface area contributed by atoms with Gasteiger partial charge in [-0.25, -0.2) is 4.39 Å². The van der Waals surface area contributed by atoms with Gasteiger partial charge in [0.15, 0.2) is 0 Å². The van der Waals surface area contributed by atoms with Gasteiger partial charge in [0, 0.05) is 15.7 Å². The Morgan fingerprint density at radius 1 is 1.26 bits per heavy atom. The Balaban J connectivity index is 2.01. The molecule has 100 valence electrons. The highest BCUT2D eigenvalue weighted by molar-refractivity contribution is 7.99. The van der Waals surface area contributed by atoms with Crippen molar-refractivity contribution in [3.8, 4) is 0 Å². The molecule has 1 atom stereocenters. The van der Waals surface area contributed by atoms with Gasteiger partial charge < -0.3 is 5.11 Å². The summed E-state index contributed by atoms with van der Waals surface area (Å²) in [5, 5.41) is 10.7. The molecule has 0 spiro atoms. The molecule has 1 nitrogen and oxygen atoms in total. The lowest BCUT2D eigenvalue weighted by Gasteiger charge is -2.12. The maximum absolute atomic E-state index is 13.0. The van der Waals surface area contributed by atoms with E-state index >= 15 is 0 Å². The van der Waals surface area contributed by atoms with Crippen LogP contribution in [0.25, 0.3) is 0 Å². The first-order valence-corrected chi connectivity index (χ1v) is 7.25. The SMILES string of the molecule is Cc1ccc(C(O)CSc2cccc(F)c2)cc1Cl. The standard InChI is InChI=1S/C15H14ClFOS/c1-10-5-6-11(7-14(10)16)15(18)9-19-13-4-2-3-12(17)8-13/h2-8,15,18H,9H2,1H3. The average molecular weight is 297 g/mol. The van der Waals surface area contributed by atoms with Crippen molar-refractivity contribution in [2.75, 3.05) is 5.75 Å². The van der Waals surface area contributed by atoms with Crippen LogP contribution in [0.2, 0.25) is 5.02 Å². The number of benzene rings is 2. The molecular weight excluding hydrogens is 283 g/mol. The molecule has 2 aromatic carbocycles. The lowest BCUT2D eigenvalue weighted by molar-refractivity contribution is 0.204. The highest BCUT2D eigenvalue weighted by atomic mass is 35.5. The fourth-order valence-corrected chi connectivity index (χ4v) is 2.75. The normalized spacial score (nSPS) is 12.4. The Morgan fingerprint density at radius 2 is 2.05 bits per heavy atom. The molecule has 0 saturated heterocycles. The third-order valence-electron chi connectivity index (χ3n) is 2.78. The number of aliphatic hydroxyl groups is 1. The molecule has 0 aliphatic carbocycles. The Bertz CT molecular complexity index is 574. The fraction of sp³-hybridized carbons (Fsp3) is 0.200. The van der Waals surface area contributed by atoms with Crippen molar-refractivity contribution in [1.82, 2.24) is 0 Å². The molecular formula is C15H14ClFOS. The van der Waals surface area contributed by atoms with Crippen molar-refractivity contribution in [3.63, 3.8) is 0 Å². The predicted molar refractivity (Wildman–Crippen MR) is 78.3 cm³/mol. The van der Waals surface area contributed by atoms with Gasteiger partial charge in [-0.2, -0.15) is 0 Å². The van der Waals surface area contributed by atoms with E-state index in [-0.39, 0.29) is 5.82 Å². The summed E-state index contributed by atoms with van der Waals surface area (Å²) in [6.07, 6.45) is -0.619. The van der Waals surface area contributed by atoms with Crippen molar-refractivity contribution < 1.29 is 9.50 Å². The molecule has 0 radical (unpaired) electrons. The van der Waals surface area contributed by atoms with E-state index in [1.165, 1.54) is 23.9 Å².